The Morgan fingerprint density at radius 3 is 1.39 bits per heavy atom. The van der Waals surface area contributed by atoms with Crippen molar-refractivity contribution >= 4 is 0 Å². The predicted molar refractivity (Wildman–Crippen MR) is 275 cm³/mol. The molecule has 0 spiro atoms. The van der Waals surface area contributed by atoms with Gasteiger partial charge in [0.2, 0.25) is 0 Å². The quantitative estimate of drug-likeness (QED) is 0.116. The summed E-state index contributed by atoms with van der Waals surface area (Å²) < 4.78 is 49.0. The first-order valence-electron chi connectivity index (χ1n) is 25.5. The molecule has 0 radical (unpaired) electrons. The van der Waals surface area contributed by atoms with Gasteiger partial charge in [-0.25, -0.2) is 0 Å². The van der Waals surface area contributed by atoms with Crippen LogP contribution in [0.25, 0.3) is 78.3 Å². The summed E-state index contributed by atoms with van der Waals surface area (Å²) in [5, 5.41) is 0. The van der Waals surface area contributed by atoms with E-state index in [0.717, 1.165) is 92.7 Å². The lowest BCUT2D eigenvalue weighted by atomic mass is 9.86. The first-order valence-corrected chi connectivity index (χ1v) is 22.5. The van der Waals surface area contributed by atoms with Gasteiger partial charge in [-0.15, -0.1) is 0 Å². The van der Waals surface area contributed by atoms with E-state index in [1.54, 1.807) is 0 Å². The van der Waals surface area contributed by atoms with Crippen molar-refractivity contribution in [1.29, 1.82) is 0 Å². The van der Waals surface area contributed by atoms with Crippen LogP contribution in [0, 0.1) is 13.7 Å². The van der Waals surface area contributed by atoms with E-state index in [0.29, 0.717) is 11.3 Å². The standard InChI is InChI=1S/C63H51N3/c1-44-38-63(66-43-45(44)2)55-34-35-59(60(42-55)52-32-30-51(31-33-52)50-12-4-3-5-13-50)58-15-7-6-14-57(58)56-40-48(20-18-46-22-26-53(27-23-46)61-16-8-10-36-64-61)39-49(41-56)21-19-47-24-28-54(29-25-47)62-17-9-11-37-65-62/h3-17,22-43H,18-21H2,1-2H3/i1D3,2D3. The minimum absolute atomic E-state index is 0.227. The maximum absolute atomic E-state index is 8.27. The average molecular weight is 856 g/mol. The van der Waals surface area contributed by atoms with Crippen LogP contribution >= 0.6 is 0 Å². The second-order valence-corrected chi connectivity index (χ2v) is 16.7. The normalized spacial score (nSPS) is 12.8. The molecule has 318 valence electrons. The first-order chi connectivity index (χ1) is 34.9. The van der Waals surface area contributed by atoms with E-state index in [1.807, 2.05) is 79.1 Å². The van der Waals surface area contributed by atoms with Crippen LogP contribution in [0.4, 0.5) is 0 Å². The topological polar surface area (TPSA) is 38.7 Å². The van der Waals surface area contributed by atoms with Crippen molar-refractivity contribution < 1.29 is 8.22 Å². The van der Waals surface area contributed by atoms with Crippen molar-refractivity contribution in [2.24, 2.45) is 0 Å². The number of benzene rings is 7. The molecule has 0 unspecified atom stereocenters. The van der Waals surface area contributed by atoms with Gasteiger partial charge < -0.3 is 0 Å². The van der Waals surface area contributed by atoms with Gasteiger partial charge >= 0.3 is 0 Å². The molecule has 3 heteroatoms. The number of hydrogen-bond acceptors (Lipinski definition) is 3. The lowest BCUT2D eigenvalue weighted by molar-refractivity contribution is 0.931. The lowest BCUT2D eigenvalue weighted by Crippen LogP contribution is -1.98. The van der Waals surface area contributed by atoms with Crippen molar-refractivity contribution in [3.8, 4) is 78.3 Å². The van der Waals surface area contributed by atoms with Gasteiger partial charge in [-0.05, 0) is 154 Å². The summed E-state index contributed by atoms with van der Waals surface area (Å²) in [5.41, 5.74) is 18.0. The Bertz CT molecular complexity index is 3340. The summed E-state index contributed by atoms with van der Waals surface area (Å²) in [5.74, 6) is 0. The predicted octanol–water partition coefficient (Wildman–Crippen LogP) is 15.7. The van der Waals surface area contributed by atoms with Gasteiger partial charge in [0.05, 0.1) is 17.1 Å². The van der Waals surface area contributed by atoms with Crippen LogP contribution in [0.15, 0.2) is 225 Å². The van der Waals surface area contributed by atoms with Crippen LogP contribution in [0.5, 0.6) is 0 Å². The van der Waals surface area contributed by atoms with E-state index in [2.05, 4.69) is 148 Å². The molecule has 0 saturated carbocycles. The van der Waals surface area contributed by atoms with Gasteiger partial charge in [0, 0.05) is 43.5 Å². The molecule has 66 heavy (non-hydrogen) atoms. The molecule has 0 aliphatic rings. The smallest absolute Gasteiger partial charge is 0.0705 e. The van der Waals surface area contributed by atoms with Gasteiger partial charge in [0.25, 0.3) is 0 Å². The Labute approximate surface area is 397 Å². The number of aryl methyl sites for hydroxylation is 6. The lowest BCUT2D eigenvalue weighted by Gasteiger charge is -2.18. The van der Waals surface area contributed by atoms with Gasteiger partial charge in [-0.2, -0.15) is 0 Å². The molecule has 3 aromatic heterocycles. The highest BCUT2D eigenvalue weighted by Gasteiger charge is 2.17. The summed E-state index contributed by atoms with van der Waals surface area (Å²) in [6.45, 7) is -5.29. The van der Waals surface area contributed by atoms with E-state index >= 15 is 0 Å². The van der Waals surface area contributed by atoms with Crippen molar-refractivity contribution in [2.75, 3.05) is 0 Å². The highest BCUT2D eigenvalue weighted by atomic mass is 14.7. The Morgan fingerprint density at radius 2 is 0.803 bits per heavy atom. The maximum atomic E-state index is 8.27. The molecule has 3 nitrogen and oxygen atoms in total. The van der Waals surface area contributed by atoms with Crippen LogP contribution in [-0.2, 0) is 25.7 Å². The van der Waals surface area contributed by atoms with Crippen LogP contribution < -0.4 is 0 Å². The minimum atomic E-state index is -2.65. The van der Waals surface area contributed by atoms with Crippen molar-refractivity contribution in [3.05, 3.63) is 258 Å². The van der Waals surface area contributed by atoms with Crippen molar-refractivity contribution in [3.63, 3.8) is 0 Å². The molecule has 0 aliphatic carbocycles. The second kappa shape index (κ2) is 19.4. The maximum Gasteiger partial charge on any atom is 0.0705 e. The summed E-state index contributed by atoms with van der Waals surface area (Å²) >= 11 is 0. The van der Waals surface area contributed by atoms with Crippen molar-refractivity contribution in [2.45, 2.75) is 39.4 Å². The molecule has 0 atom stereocenters. The highest BCUT2D eigenvalue weighted by molar-refractivity contribution is 5.94. The van der Waals surface area contributed by atoms with Crippen LogP contribution in [0.2, 0.25) is 0 Å². The molecule has 0 amide bonds. The molecule has 7 aromatic carbocycles. The number of pyridine rings is 3. The Balaban J connectivity index is 1.04. The Kier molecular flexibility index (Phi) is 10.4. The third-order valence-corrected chi connectivity index (χ3v) is 12.3. The summed E-state index contributed by atoms with van der Waals surface area (Å²) in [6.07, 6.45) is 8.29. The Hall–Kier alpha value is -8.01. The second-order valence-electron chi connectivity index (χ2n) is 16.7. The molecule has 0 N–H and O–H groups in total. The van der Waals surface area contributed by atoms with E-state index in [1.165, 1.54) is 34.5 Å². The summed E-state index contributed by atoms with van der Waals surface area (Å²) in [6, 6.07) is 71.2. The fraction of sp³-hybridized carbons (Fsp3) is 0.0952. The third kappa shape index (κ3) is 9.57. The average Bonchev–Trinajstić information content (AvgIpc) is 3.42. The molecule has 10 aromatic rings. The number of aromatic nitrogens is 3. The Morgan fingerprint density at radius 1 is 0.303 bits per heavy atom. The SMILES string of the molecule is [2H]C([2H])([2H])c1cnc(-c2ccc(-c3ccccc3-c3cc(CCc4ccc(-c5ccccn5)cc4)cc(CCc4ccc(-c5ccccn5)cc4)c3)c(-c3ccc(-c4ccccc4)cc3)c2)cc1C([2H])([2H])[2H]. The zero-order valence-electron chi connectivity index (χ0n) is 42.5. The molecule has 0 bridgehead atoms. The van der Waals surface area contributed by atoms with E-state index in [4.69, 9.17) is 8.22 Å². The molecule has 10 rings (SSSR count). The zero-order chi connectivity index (χ0) is 49.7. The fourth-order valence-corrected chi connectivity index (χ4v) is 8.77. The van der Waals surface area contributed by atoms with Crippen LogP contribution in [-0.4, -0.2) is 15.0 Å². The highest BCUT2D eigenvalue weighted by Crippen LogP contribution is 2.41. The molecule has 0 aliphatic heterocycles. The summed E-state index contributed by atoms with van der Waals surface area (Å²) in [4.78, 5) is 13.6. The number of nitrogens with zero attached hydrogens (tertiary/aromatic N) is 3. The molecule has 0 saturated heterocycles. The molecular formula is C63H51N3. The van der Waals surface area contributed by atoms with Crippen LogP contribution in [0.1, 0.15) is 41.6 Å². The third-order valence-electron chi connectivity index (χ3n) is 12.3. The van der Waals surface area contributed by atoms with Crippen LogP contribution in [0.3, 0.4) is 0 Å². The van der Waals surface area contributed by atoms with Gasteiger partial charge in [-0.3, -0.25) is 15.0 Å². The fourth-order valence-electron chi connectivity index (χ4n) is 8.77. The van der Waals surface area contributed by atoms with E-state index in [-0.39, 0.29) is 11.1 Å². The zero-order valence-corrected chi connectivity index (χ0v) is 36.5. The number of hydrogen-bond donors (Lipinski definition) is 0. The van der Waals surface area contributed by atoms with Gasteiger partial charge in [0.1, 0.15) is 0 Å². The van der Waals surface area contributed by atoms with Crippen molar-refractivity contribution in [1.82, 2.24) is 15.0 Å². The van der Waals surface area contributed by atoms with Gasteiger partial charge in [0.15, 0.2) is 0 Å². The first kappa shape index (κ1) is 35.4. The molecule has 0 fully saturated rings. The monoisotopic (exact) mass is 855 g/mol. The minimum Gasteiger partial charge on any atom is -0.256 e. The molecule has 3 heterocycles. The number of rotatable bonds is 13. The van der Waals surface area contributed by atoms with E-state index < -0.39 is 13.7 Å². The summed E-state index contributed by atoms with van der Waals surface area (Å²) in [7, 11) is 0. The van der Waals surface area contributed by atoms with Gasteiger partial charge in [-0.1, -0.05) is 170 Å². The molecular weight excluding hydrogens is 799 g/mol. The van der Waals surface area contributed by atoms with E-state index in [9.17, 15) is 0 Å². The largest absolute Gasteiger partial charge is 0.256 e.